The monoisotopic (exact) mass is 457 g/mol. The molecule has 0 aliphatic carbocycles. The number of benzene rings is 2. The lowest BCUT2D eigenvalue weighted by Crippen LogP contribution is -2.52. The van der Waals surface area contributed by atoms with E-state index < -0.39 is 21.7 Å². The quantitative estimate of drug-likeness (QED) is 0.669. The normalized spacial score (nSPS) is 15.6. The summed E-state index contributed by atoms with van der Waals surface area (Å²) in [6, 6.07) is 9.61. The molecule has 162 valence electrons. The standard InChI is InChI=1S/C20H22ClF2N3O3S/c1-24(13-15-2-7-18(22)19(23)12-15)14-20(27)25-8-10-26(11-9-25)30(28,29)17-5-3-16(21)4-6-17/h2-7,12H,8-11,13-14H2,1H3. The largest absolute Gasteiger partial charge is 0.339 e. The summed E-state index contributed by atoms with van der Waals surface area (Å²) in [6.07, 6.45) is 0. The fourth-order valence-electron chi connectivity index (χ4n) is 3.27. The minimum absolute atomic E-state index is 0.0862. The molecule has 30 heavy (non-hydrogen) atoms. The zero-order valence-corrected chi connectivity index (χ0v) is 18.0. The summed E-state index contributed by atoms with van der Waals surface area (Å²) in [7, 11) is -1.93. The van der Waals surface area contributed by atoms with E-state index in [9.17, 15) is 22.0 Å². The van der Waals surface area contributed by atoms with Crippen LogP contribution in [0.3, 0.4) is 0 Å². The van der Waals surface area contributed by atoms with E-state index in [0.29, 0.717) is 10.6 Å². The maximum absolute atomic E-state index is 13.3. The second-order valence-corrected chi connectivity index (χ2v) is 9.53. The molecule has 1 heterocycles. The number of sulfonamides is 1. The SMILES string of the molecule is CN(CC(=O)N1CCN(S(=O)(=O)c2ccc(Cl)cc2)CC1)Cc1ccc(F)c(F)c1. The van der Waals surface area contributed by atoms with Gasteiger partial charge >= 0.3 is 0 Å². The highest BCUT2D eigenvalue weighted by molar-refractivity contribution is 7.89. The van der Waals surface area contributed by atoms with Crippen molar-refractivity contribution in [1.82, 2.24) is 14.1 Å². The Hall–Kier alpha value is -2.07. The number of halogens is 3. The molecule has 0 bridgehead atoms. The molecule has 0 spiro atoms. The van der Waals surface area contributed by atoms with Gasteiger partial charge in [0.1, 0.15) is 0 Å². The molecule has 1 fully saturated rings. The van der Waals surface area contributed by atoms with Crippen molar-refractivity contribution in [2.45, 2.75) is 11.4 Å². The van der Waals surface area contributed by atoms with Crippen LogP contribution in [0.25, 0.3) is 0 Å². The van der Waals surface area contributed by atoms with E-state index in [1.54, 1.807) is 16.8 Å². The van der Waals surface area contributed by atoms with Gasteiger partial charge in [0, 0.05) is 37.7 Å². The molecule has 1 amide bonds. The maximum Gasteiger partial charge on any atom is 0.243 e. The summed E-state index contributed by atoms with van der Waals surface area (Å²) in [5.41, 5.74) is 0.558. The van der Waals surface area contributed by atoms with Gasteiger partial charge < -0.3 is 4.90 Å². The first-order chi connectivity index (χ1) is 14.2. The second-order valence-electron chi connectivity index (χ2n) is 7.16. The van der Waals surface area contributed by atoms with Crippen molar-refractivity contribution in [3.8, 4) is 0 Å². The molecule has 2 aromatic carbocycles. The molecule has 1 aliphatic rings. The van der Waals surface area contributed by atoms with Gasteiger partial charge in [0.25, 0.3) is 0 Å². The lowest BCUT2D eigenvalue weighted by molar-refractivity contribution is -0.133. The van der Waals surface area contributed by atoms with Crippen molar-refractivity contribution in [1.29, 1.82) is 0 Å². The lowest BCUT2D eigenvalue weighted by atomic mass is 10.2. The second kappa shape index (κ2) is 9.38. The van der Waals surface area contributed by atoms with E-state index in [1.165, 1.54) is 34.6 Å². The molecule has 10 heteroatoms. The van der Waals surface area contributed by atoms with Crippen LogP contribution in [0.1, 0.15) is 5.56 Å². The van der Waals surface area contributed by atoms with Crippen LogP contribution in [-0.4, -0.2) is 68.2 Å². The molecule has 0 N–H and O–H groups in total. The van der Waals surface area contributed by atoms with Crippen molar-refractivity contribution < 1.29 is 22.0 Å². The zero-order chi connectivity index (χ0) is 21.9. The van der Waals surface area contributed by atoms with Crippen molar-refractivity contribution in [3.63, 3.8) is 0 Å². The van der Waals surface area contributed by atoms with E-state index >= 15 is 0 Å². The average Bonchev–Trinajstić information content (AvgIpc) is 2.71. The lowest BCUT2D eigenvalue weighted by Gasteiger charge is -2.34. The summed E-state index contributed by atoms with van der Waals surface area (Å²) in [4.78, 5) is 16.0. The number of carbonyl (C=O) groups is 1. The third kappa shape index (κ3) is 5.34. The Balaban J connectivity index is 1.53. The number of nitrogens with zero attached hydrogens (tertiary/aromatic N) is 3. The van der Waals surface area contributed by atoms with Crippen LogP contribution in [-0.2, 0) is 21.4 Å². The first kappa shape index (κ1) is 22.6. The Kier molecular flexibility index (Phi) is 7.07. The molecule has 0 unspecified atom stereocenters. The zero-order valence-electron chi connectivity index (χ0n) is 16.4. The van der Waals surface area contributed by atoms with E-state index in [0.717, 1.165) is 12.1 Å². The molecule has 1 saturated heterocycles. The van der Waals surface area contributed by atoms with Gasteiger partial charge in [0.2, 0.25) is 15.9 Å². The van der Waals surface area contributed by atoms with Crippen LogP contribution >= 0.6 is 11.6 Å². The van der Waals surface area contributed by atoms with Crippen LogP contribution in [0.2, 0.25) is 5.02 Å². The molecule has 0 radical (unpaired) electrons. The third-order valence-electron chi connectivity index (χ3n) is 4.88. The summed E-state index contributed by atoms with van der Waals surface area (Å²) < 4.78 is 53.2. The molecule has 0 aromatic heterocycles. The van der Waals surface area contributed by atoms with Gasteiger partial charge in [0.15, 0.2) is 11.6 Å². The Labute approximate surface area is 179 Å². The van der Waals surface area contributed by atoms with Gasteiger partial charge in [0.05, 0.1) is 11.4 Å². The molecule has 0 saturated carbocycles. The number of likely N-dealkylation sites (N-methyl/N-ethyl adjacent to an activating group) is 1. The Morgan fingerprint density at radius 1 is 1.03 bits per heavy atom. The fourth-order valence-corrected chi connectivity index (χ4v) is 4.82. The average molecular weight is 458 g/mol. The summed E-state index contributed by atoms with van der Waals surface area (Å²) in [6.45, 7) is 1.33. The smallest absolute Gasteiger partial charge is 0.243 e. The minimum atomic E-state index is -3.64. The number of amides is 1. The highest BCUT2D eigenvalue weighted by Crippen LogP contribution is 2.20. The summed E-state index contributed by atoms with van der Waals surface area (Å²) >= 11 is 5.82. The highest BCUT2D eigenvalue weighted by Gasteiger charge is 2.30. The highest BCUT2D eigenvalue weighted by atomic mass is 35.5. The van der Waals surface area contributed by atoms with Gasteiger partial charge in [-0.3, -0.25) is 9.69 Å². The van der Waals surface area contributed by atoms with Gasteiger partial charge in [-0.05, 0) is 49.0 Å². The van der Waals surface area contributed by atoms with Crippen LogP contribution in [0.15, 0.2) is 47.4 Å². The van der Waals surface area contributed by atoms with Crippen LogP contribution in [0, 0.1) is 11.6 Å². The molecular formula is C20H22ClF2N3O3S. The number of rotatable bonds is 6. The first-order valence-electron chi connectivity index (χ1n) is 9.33. The Bertz CT molecular complexity index is 1010. The third-order valence-corrected chi connectivity index (χ3v) is 7.05. The molecule has 2 aromatic rings. The van der Waals surface area contributed by atoms with Gasteiger partial charge in [-0.1, -0.05) is 17.7 Å². The molecule has 0 atom stereocenters. The van der Waals surface area contributed by atoms with E-state index in [-0.39, 0.29) is 50.1 Å². The fraction of sp³-hybridized carbons (Fsp3) is 0.350. The van der Waals surface area contributed by atoms with Crippen LogP contribution in [0.5, 0.6) is 0 Å². The predicted molar refractivity (Wildman–Crippen MR) is 109 cm³/mol. The molecule has 1 aliphatic heterocycles. The number of piperazine rings is 1. The minimum Gasteiger partial charge on any atom is -0.339 e. The topological polar surface area (TPSA) is 60.9 Å². The number of hydrogen-bond donors (Lipinski definition) is 0. The Morgan fingerprint density at radius 3 is 2.27 bits per heavy atom. The van der Waals surface area contributed by atoms with Crippen molar-refractivity contribution >= 4 is 27.5 Å². The van der Waals surface area contributed by atoms with Crippen molar-refractivity contribution in [2.24, 2.45) is 0 Å². The van der Waals surface area contributed by atoms with Gasteiger partial charge in [-0.25, -0.2) is 17.2 Å². The van der Waals surface area contributed by atoms with E-state index in [2.05, 4.69) is 0 Å². The number of hydrogen-bond acceptors (Lipinski definition) is 4. The van der Waals surface area contributed by atoms with Crippen LogP contribution in [0.4, 0.5) is 8.78 Å². The van der Waals surface area contributed by atoms with E-state index in [1.807, 2.05) is 0 Å². The Morgan fingerprint density at radius 2 is 1.67 bits per heavy atom. The molecule has 3 rings (SSSR count). The van der Waals surface area contributed by atoms with Crippen molar-refractivity contribution in [2.75, 3.05) is 39.8 Å². The van der Waals surface area contributed by atoms with Gasteiger partial charge in [-0.15, -0.1) is 0 Å². The van der Waals surface area contributed by atoms with Crippen LogP contribution < -0.4 is 0 Å². The van der Waals surface area contributed by atoms with Crippen molar-refractivity contribution in [3.05, 3.63) is 64.7 Å². The first-order valence-corrected chi connectivity index (χ1v) is 11.1. The van der Waals surface area contributed by atoms with Gasteiger partial charge in [-0.2, -0.15) is 4.31 Å². The molecule has 6 nitrogen and oxygen atoms in total. The van der Waals surface area contributed by atoms with E-state index in [4.69, 9.17) is 11.6 Å². The molecular weight excluding hydrogens is 436 g/mol. The summed E-state index contributed by atoms with van der Waals surface area (Å²) in [5, 5.41) is 0.455. The maximum atomic E-state index is 13.3. The number of carbonyl (C=O) groups excluding carboxylic acids is 1. The predicted octanol–water partition coefficient (Wildman–Crippen LogP) is 2.58. The summed E-state index contributed by atoms with van der Waals surface area (Å²) in [5.74, 6) is -1.99.